The first kappa shape index (κ1) is 19.3. The lowest BCUT2D eigenvalue weighted by Gasteiger charge is -2.30. The summed E-state index contributed by atoms with van der Waals surface area (Å²) in [4.78, 5) is 17.0. The second-order valence-electron chi connectivity index (χ2n) is 5.89. The molecule has 0 unspecified atom stereocenters. The molecule has 25 heavy (non-hydrogen) atoms. The van der Waals surface area contributed by atoms with Gasteiger partial charge in [0.15, 0.2) is 0 Å². The number of hydrogen-bond acceptors (Lipinski definition) is 5. The van der Waals surface area contributed by atoms with Crippen molar-refractivity contribution in [1.29, 1.82) is 0 Å². The SMILES string of the molecule is Cl.Nc1cccc(C(=O)N(CCN2CCOCC2)Cc2ccco2)c1. The third-order valence-corrected chi connectivity index (χ3v) is 4.14. The number of benzene rings is 1. The summed E-state index contributed by atoms with van der Waals surface area (Å²) in [5.41, 5.74) is 7.00. The van der Waals surface area contributed by atoms with Crippen molar-refractivity contribution in [3.8, 4) is 0 Å². The monoisotopic (exact) mass is 365 g/mol. The fourth-order valence-corrected chi connectivity index (χ4v) is 2.78. The Morgan fingerprint density at radius 1 is 1.20 bits per heavy atom. The number of carbonyl (C=O) groups excluding carboxylic acids is 1. The number of carbonyl (C=O) groups is 1. The summed E-state index contributed by atoms with van der Waals surface area (Å²) in [5, 5.41) is 0. The van der Waals surface area contributed by atoms with E-state index in [1.807, 2.05) is 17.0 Å². The number of halogens is 1. The molecule has 0 atom stereocenters. The van der Waals surface area contributed by atoms with Crippen LogP contribution in [0.1, 0.15) is 16.1 Å². The summed E-state index contributed by atoms with van der Waals surface area (Å²) < 4.78 is 10.8. The van der Waals surface area contributed by atoms with Crippen LogP contribution in [0.2, 0.25) is 0 Å². The van der Waals surface area contributed by atoms with Gasteiger partial charge in [-0.05, 0) is 30.3 Å². The van der Waals surface area contributed by atoms with Crippen LogP contribution < -0.4 is 5.73 Å². The van der Waals surface area contributed by atoms with E-state index in [4.69, 9.17) is 14.9 Å². The molecule has 1 saturated heterocycles. The largest absolute Gasteiger partial charge is 0.467 e. The number of nitrogens with zero attached hydrogens (tertiary/aromatic N) is 2. The molecule has 0 spiro atoms. The van der Waals surface area contributed by atoms with Gasteiger partial charge in [-0.15, -0.1) is 12.4 Å². The van der Waals surface area contributed by atoms with Crippen LogP contribution in [0.3, 0.4) is 0 Å². The summed E-state index contributed by atoms with van der Waals surface area (Å²) >= 11 is 0. The average Bonchev–Trinajstić information content (AvgIpc) is 3.12. The quantitative estimate of drug-likeness (QED) is 0.795. The van der Waals surface area contributed by atoms with Gasteiger partial charge in [0.25, 0.3) is 5.91 Å². The van der Waals surface area contributed by atoms with Crippen molar-refractivity contribution in [2.24, 2.45) is 0 Å². The van der Waals surface area contributed by atoms with Crippen LogP contribution in [0, 0.1) is 0 Å². The molecule has 1 aromatic carbocycles. The van der Waals surface area contributed by atoms with E-state index in [1.54, 1.807) is 30.5 Å². The van der Waals surface area contributed by atoms with Crippen LogP contribution >= 0.6 is 12.4 Å². The van der Waals surface area contributed by atoms with Crippen molar-refractivity contribution < 1.29 is 13.9 Å². The molecule has 1 fully saturated rings. The van der Waals surface area contributed by atoms with E-state index in [2.05, 4.69) is 4.90 Å². The van der Waals surface area contributed by atoms with Crippen molar-refractivity contribution in [3.63, 3.8) is 0 Å². The molecule has 3 rings (SSSR count). The van der Waals surface area contributed by atoms with E-state index in [0.717, 1.165) is 38.6 Å². The molecule has 2 heterocycles. The van der Waals surface area contributed by atoms with Gasteiger partial charge in [0.1, 0.15) is 5.76 Å². The third kappa shape index (κ3) is 5.49. The molecule has 0 aliphatic carbocycles. The van der Waals surface area contributed by atoms with Crippen molar-refractivity contribution in [1.82, 2.24) is 9.80 Å². The maximum atomic E-state index is 12.9. The topological polar surface area (TPSA) is 71.9 Å². The van der Waals surface area contributed by atoms with Crippen molar-refractivity contribution in [2.45, 2.75) is 6.54 Å². The number of nitrogen functional groups attached to an aromatic ring is 1. The van der Waals surface area contributed by atoms with Crippen LogP contribution in [-0.2, 0) is 11.3 Å². The van der Waals surface area contributed by atoms with Gasteiger partial charge in [-0.2, -0.15) is 0 Å². The van der Waals surface area contributed by atoms with E-state index in [1.165, 1.54) is 0 Å². The van der Waals surface area contributed by atoms with Crippen molar-refractivity contribution in [2.75, 3.05) is 45.1 Å². The van der Waals surface area contributed by atoms with Gasteiger partial charge in [0.2, 0.25) is 0 Å². The van der Waals surface area contributed by atoms with Crippen LogP contribution in [0.5, 0.6) is 0 Å². The molecule has 1 aromatic heterocycles. The van der Waals surface area contributed by atoms with Crippen molar-refractivity contribution >= 4 is 24.0 Å². The van der Waals surface area contributed by atoms with Gasteiger partial charge >= 0.3 is 0 Å². The second kappa shape index (κ2) is 9.46. The molecule has 0 radical (unpaired) electrons. The van der Waals surface area contributed by atoms with Gasteiger partial charge < -0.3 is 19.8 Å². The van der Waals surface area contributed by atoms with Gasteiger partial charge in [0, 0.05) is 37.4 Å². The molecule has 1 aliphatic heterocycles. The standard InChI is InChI=1S/C18H23N3O3.ClH/c19-16-4-1-3-15(13-16)18(22)21(14-17-5-2-10-24-17)7-6-20-8-11-23-12-9-20;/h1-5,10,13H,6-9,11-12,14,19H2;1H. The lowest BCUT2D eigenvalue weighted by Crippen LogP contribution is -2.42. The molecular weight excluding hydrogens is 342 g/mol. The summed E-state index contributed by atoms with van der Waals surface area (Å²) in [7, 11) is 0. The number of nitrogens with two attached hydrogens (primary N) is 1. The Morgan fingerprint density at radius 2 is 2.00 bits per heavy atom. The first-order valence-corrected chi connectivity index (χ1v) is 8.19. The van der Waals surface area contributed by atoms with E-state index < -0.39 is 0 Å². The molecule has 0 bridgehead atoms. The van der Waals surface area contributed by atoms with Gasteiger partial charge in [-0.1, -0.05) is 6.07 Å². The maximum Gasteiger partial charge on any atom is 0.254 e. The summed E-state index contributed by atoms with van der Waals surface area (Å²) in [6, 6.07) is 10.8. The zero-order chi connectivity index (χ0) is 16.8. The van der Waals surface area contributed by atoms with E-state index >= 15 is 0 Å². The molecular formula is C18H24ClN3O3. The highest BCUT2D eigenvalue weighted by atomic mass is 35.5. The molecule has 7 heteroatoms. The highest BCUT2D eigenvalue weighted by Gasteiger charge is 2.19. The smallest absolute Gasteiger partial charge is 0.254 e. The van der Waals surface area contributed by atoms with Crippen LogP contribution in [0.15, 0.2) is 47.1 Å². The number of hydrogen-bond donors (Lipinski definition) is 1. The Balaban J connectivity index is 0.00000225. The Bertz CT molecular complexity index is 657. The van der Waals surface area contributed by atoms with Crippen molar-refractivity contribution in [3.05, 3.63) is 54.0 Å². The van der Waals surface area contributed by atoms with Crippen LogP contribution in [-0.4, -0.2) is 55.1 Å². The fraction of sp³-hybridized carbons (Fsp3) is 0.389. The minimum atomic E-state index is -0.0352. The van der Waals surface area contributed by atoms with Gasteiger partial charge in [0.05, 0.1) is 26.0 Å². The lowest BCUT2D eigenvalue weighted by molar-refractivity contribution is 0.0316. The predicted octanol–water partition coefficient (Wildman–Crippen LogP) is 2.26. The Labute approximate surface area is 153 Å². The van der Waals surface area contributed by atoms with Gasteiger partial charge in [-0.3, -0.25) is 9.69 Å². The summed E-state index contributed by atoms with van der Waals surface area (Å²) in [6.45, 7) is 5.21. The zero-order valence-electron chi connectivity index (χ0n) is 14.1. The number of ether oxygens (including phenoxy) is 1. The molecule has 2 aromatic rings. The van der Waals surface area contributed by atoms with Crippen LogP contribution in [0.4, 0.5) is 5.69 Å². The molecule has 1 aliphatic rings. The minimum absolute atomic E-state index is 0. The van der Waals surface area contributed by atoms with E-state index in [0.29, 0.717) is 24.3 Å². The number of amides is 1. The second-order valence-corrected chi connectivity index (χ2v) is 5.89. The minimum Gasteiger partial charge on any atom is -0.467 e. The molecule has 2 N–H and O–H groups in total. The molecule has 0 saturated carbocycles. The molecule has 136 valence electrons. The normalized spacial score (nSPS) is 14.7. The average molecular weight is 366 g/mol. The van der Waals surface area contributed by atoms with Crippen LogP contribution in [0.25, 0.3) is 0 Å². The first-order valence-electron chi connectivity index (χ1n) is 8.19. The first-order chi connectivity index (χ1) is 11.7. The van der Waals surface area contributed by atoms with Gasteiger partial charge in [-0.25, -0.2) is 0 Å². The molecule has 6 nitrogen and oxygen atoms in total. The maximum absolute atomic E-state index is 12.9. The highest BCUT2D eigenvalue weighted by molar-refractivity contribution is 5.95. The molecule has 1 amide bonds. The Kier molecular flexibility index (Phi) is 7.31. The number of rotatable bonds is 6. The Morgan fingerprint density at radius 3 is 2.68 bits per heavy atom. The zero-order valence-corrected chi connectivity index (χ0v) is 14.9. The predicted molar refractivity (Wildman–Crippen MR) is 98.8 cm³/mol. The highest BCUT2D eigenvalue weighted by Crippen LogP contribution is 2.13. The Hall–Kier alpha value is -2.02. The van der Waals surface area contributed by atoms with E-state index in [9.17, 15) is 4.79 Å². The number of morpholine rings is 1. The number of anilines is 1. The number of furan rings is 1. The summed E-state index contributed by atoms with van der Waals surface area (Å²) in [5.74, 6) is 0.737. The van der Waals surface area contributed by atoms with E-state index in [-0.39, 0.29) is 18.3 Å². The lowest BCUT2D eigenvalue weighted by atomic mass is 10.1. The fourth-order valence-electron chi connectivity index (χ4n) is 2.78. The third-order valence-electron chi connectivity index (χ3n) is 4.14. The summed E-state index contributed by atoms with van der Waals surface area (Å²) in [6.07, 6.45) is 1.63.